The smallest absolute Gasteiger partial charge is 0.133 e. The molecule has 0 N–H and O–H groups in total. The van der Waals surface area contributed by atoms with Crippen molar-refractivity contribution in [3.05, 3.63) is 41.5 Å². The van der Waals surface area contributed by atoms with E-state index in [1.54, 1.807) is 6.92 Å². The van der Waals surface area contributed by atoms with Crippen molar-refractivity contribution in [3.8, 4) is 12.1 Å². The molecule has 0 aromatic heterocycles. The van der Waals surface area contributed by atoms with Crippen LogP contribution in [0, 0.1) is 22.7 Å². The Balaban J connectivity index is 3.21. The van der Waals surface area contributed by atoms with E-state index < -0.39 is 0 Å². The Morgan fingerprint density at radius 3 is 2.08 bits per heavy atom. The van der Waals surface area contributed by atoms with Gasteiger partial charge in [0.25, 0.3) is 0 Å². The van der Waals surface area contributed by atoms with Crippen LogP contribution in [0.5, 0.6) is 0 Å². The number of hydrogen-bond donors (Lipinski definition) is 0. The molecule has 2 nitrogen and oxygen atoms in total. The third-order valence-electron chi connectivity index (χ3n) is 1.81. The Kier molecular flexibility index (Phi) is 2.84. The standard InChI is InChI=1S/C11H8N2/c1-9(11(7-12)8-13)10-5-3-2-4-6-10/h2-6H,1H3. The molecule has 1 aromatic carbocycles. The number of nitriles is 2. The predicted molar refractivity (Wildman–Crippen MR) is 50.3 cm³/mol. The molecule has 0 aliphatic carbocycles. The minimum absolute atomic E-state index is 0.172. The van der Waals surface area contributed by atoms with Gasteiger partial charge in [0.2, 0.25) is 0 Å². The Morgan fingerprint density at radius 1 is 1.08 bits per heavy atom. The van der Waals surface area contributed by atoms with Crippen LogP contribution in [-0.2, 0) is 0 Å². The van der Waals surface area contributed by atoms with E-state index in [0.29, 0.717) is 0 Å². The highest BCUT2D eigenvalue weighted by Crippen LogP contribution is 2.16. The molecule has 0 amide bonds. The van der Waals surface area contributed by atoms with E-state index >= 15 is 0 Å². The summed E-state index contributed by atoms with van der Waals surface area (Å²) in [5.74, 6) is 0. The molecule has 0 fully saturated rings. The van der Waals surface area contributed by atoms with Crippen LogP contribution in [0.1, 0.15) is 12.5 Å². The zero-order valence-electron chi connectivity index (χ0n) is 7.28. The molecule has 0 aliphatic heterocycles. The van der Waals surface area contributed by atoms with Crippen LogP contribution in [0.15, 0.2) is 35.9 Å². The van der Waals surface area contributed by atoms with Crippen molar-refractivity contribution in [2.75, 3.05) is 0 Å². The second-order valence-corrected chi connectivity index (χ2v) is 2.59. The highest BCUT2D eigenvalue weighted by Gasteiger charge is 2.01. The van der Waals surface area contributed by atoms with Crippen LogP contribution in [-0.4, -0.2) is 0 Å². The second kappa shape index (κ2) is 4.09. The van der Waals surface area contributed by atoms with Crippen molar-refractivity contribution in [2.45, 2.75) is 6.92 Å². The van der Waals surface area contributed by atoms with Gasteiger partial charge in [-0.1, -0.05) is 30.3 Å². The average molecular weight is 168 g/mol. The van der Waals surface area contributed by atoms with Crippen LogP contribution >= 0.6 is 0 Å². The first-order chi connectivity index (χ1) is 6.29. The second-order valence-electron chi connectivity index (χ2n) is 2.59. The molecule has 62 valence electrons. The van der Waals surface area contributed by atoms with Gasteiger partial charge in [0, 0.05) is 0 Å². The molecule has 0 atom stereocenters. The topological polar surface area (TPSA) is 47.6 Å². The van der Waals surface area contributed by atoms with Gasteiger partial charge in [-0.25, -0.2) is 0 Å². The first kappa shape index (κ1) is 9.03. The van der Waals surface area contributed by atoms with Gasteiger partial charge in [0.1, 0.15) is 17.7 Å². The first-order valence-corrected chi connectivity index (χ1v) is 3.86. The fraction of sp³-hybridized carbons (Fsp3) is 0.0909. The van der Waals surface area contributed by atoms with Crippen molar-refractivity contribution in [2.24, 2.45) is 0 Å². The molecule has 0 aliphatic rings. The molecule has 0 heterocycles. The summed E-state index contributed by atoms with van der Waals surface area (Å²) in [7, 11) is 0. The van der Waals surface area contributed by atoms with Gasteiger partial charge < -0.3 is 0 Å². The van der Waals surface area contributed by atoms with Crippen LogP contribution < -0.4 is 0 Å². The molecule has 2 heteroatoms. The van der Waals surface area contributed by atoms with E-state index in [2.05, 4.69) is 0 Å². The number of benzene rings is 1. The van der Waals surface area contributed by atoms with Gasteiger partial charge in [0.05, 0.1) is 0 Å². The predicted octanol–water partition coefficient (Wildman–Crippen LogP) is 2.51. The highest BCUT2D eigenvalue weighted by molar-refractivity contribution is 5.73. The van der Waals surface area contributed by atoms with Gasteiger partial charge in [-0.3, -0.25) is 0 Å². The van der Waals surface area contributed by atoms with Crippen LogP contribution in [0.4, 0.5) is 0 Å². The maximum atomic E-state index is 8.63. The lowest BCUT2D eigenvalue weighted by Crippen LogP contribution is -1.83. The summed E-state index contributed by atoms with van der Waals surface area (Å²) in [4.78, 5) is 0. The fourth-order valence-electron chi connectivity index (χ4n) is 1.03. The van der Waals surface area contributed by atoms with E-state index in [4.69, 9.17) is 10.5 Å². The molecule has 13 heavy (non-hydrogen) atoms. The fourth-order valence-corrected chi connectivity index (χ4v) is 1.03. The maximum absolute atomic E-state index is 8.63. The first-order valence-electron chi connectivity index (χ1n) is 3.86. The van der Waals surface area contributed by atoms with E-state index in [1.165, 1.54) is 0 Å². The van der Waals surface area contributed by atoms with Gasteiger partial charge in [-0.2, -0.15) is 10.5 Å². The van der Waals surface area contributed by atoms with E-state index in [9.17, 15) is 0 Å². The lowest BCUT2D eigenvalue weighted by atomic mass is 10.0. The van der Waals surface area contributed by atoms with Gasteiger partial charge in [-0.15, -0.1) is 0 Å². The lowest BCUT2D eigenvalue weighted by molar-refractivity contribution is 1.44. The zero-order valence-corrected chi connectivity index (χ0v) is 7.28. The van der Waals surface area contributed by atoms with Crippen molar-refractivity contribution in [3.63, 3.8) is 0 Å². The Hall–Kier alpha value is -2.06. The molecule has 0 bridgehead atoms. The SMILES string of the molecule is CC(=C(C#N)C#N)c1ccccc1. The molecule has 0 saturated carbocycles. The third kappa shape index (κ3) is 1.95. The molecule has 0 saturated heterocycles. The van der Waals surface area contributed by atoms with Crippen LogP contribution in [0.3, 0.4) is 0 Å². The van der Waals surface area contributed by atoms with Crippen LogP contribution in [0.25, 0.3) is 5.57 Å². The minimum Gasteiger partial charge on any atom is -0.192 e. The number of hydrogen-bond acceptors (Lipinski definition) is 2. The third-order valence-corrected chi connectivity index (χ3v) is 1.81. The Labute approximate surface area is 77.4 Å². The highest BCUT2D eigenvalue weighted by atomic mass is 14.3. The van der Waals surface area contributed by atoms with E-state index in [0.717, 1.165) is 11.1 Å². The van der Waals surface area contributed by atoms with Crippen molar-refractivity contribution in [1.29, 1.82) is 10.5 Å². The molecular weight excluding hydrogens is 160 g/mol. The molecule has 0 unspecified atom stereocenters. The Morgan fingerprint density at radius 2 is 1.62 bits per heavy atom. The number of rotatable bonds is 1. The molecule has 0 radical (unpaired) electrons. The summed E-state index contributed by atoms with van der Waals surface area (Å²) in [6.07, 6.45) is 0. The van der Waals surface area contributed by atoms with E-state index in [-0.39, 0.29) is 5.57 Å². The summed E-state index contributed by atoms with van der Waals surface area (Å²) in [6, 6.07) is 13.2. The van der Waals surface area contributed by atoms with Crippen molar-refractivity contribution >= 4 is 5.57 Å². The van der Waals surface area contributed by atoms with Crippen molar-refractivity contribution < 1.29 is 0 Å². The molecular formula is C11H8N2. The van der Waals surface area contributed by atoms with Crippen LogP contribution in [0.2, 0.25) is 0 Å². The van der Waals surface area contributed by atoms with E-state index in [1.807, 2.05) is 42.5 Å². The molecule has 1 aromatic rings. The quantitative estimate of drug-likeness (QED) is 0.605. The van der Waals surface area contributed by atoms with Gasteiger partial charge >= 0.3 is 0 Å². The Bertz CT molecular complexity index is 386. The van der Waals surface area contributed by atoms with Gasteiger partial charge in [-0.05, 0) is 18.1 Å². The average Bonchev–Trinajstić information content (AvgIpc) is 2.21. The molecule has 1 rings (SSSR count). The normalized spacial score (nSPS) is 8.23. The maximum Gasteiger partial charge on any atom is 0.133 e. The monoisotopic (exact) mass is 168 g/mol. The molecule has 0 spiro atoms. The summed E-state index contributed by atoms with van der Waals surface area (Å²) >= 11 is 0. The zero-order chi connectivity index (χ0) is 9.68. The lowest BCUT2D eigenvalue weighted by Gasteiger charge is -1.99. The number of nitrogens with zero attached hydrogens (tertiary/aromatic N) is 2. The summed E-state index contributed by atoms with van der Waals surface area (Å²) in [6.45, 7) is 1.77. The number of allylic oxidation sites excluding steroid dienone is 2. The summed E-state index contributed by atoms with van der Waals surface area (Å²) < 4.78 is 0. The summed E-state index contributed by atoms with van der Waals surface area (Å²) in [5, 5.41) is 17.3. The summed E-state index contributed by atoms with van der Waals surface area (Å²) in [5.41, 5.74) is 1.82. The van der Waals surface area contributed by atoms with Gasteiger partial charge in [0.15, 0.2) is 0 Å². The van der Waals surface area contributed by atoms with Crippen molar-refractivity contribution in [1.82, 2.24) is 0 Å². The largest absolute Gasteiger partial charge is 0.192 e. The minimum atomic E-state index is 0.172.